The molecule has 3 rings (SSSR count). The Labute approximate surface area is 155 Å². The predicted molar refractivity (Wildman–Crippen MR) is 99.7 cm³/mol. The Morgan fingerprint density at radius 1 is 1.23 bits per heavy atom. The van der Waals surface area contributed by atoms with Crippen LogP contribution in [0.1, 0.15) is 24.8 Å². The summed E-state index contributed by atoms with van der Waals surface area (Å²) in [5.41, 5.74) is 1.25. The summed E-state index contributed by atoms with van der Waals surface area (Å²) in [5, 5.41) is 0. The van der Waals surface area contributed by atoms with Gasteiger partial charge in [0.1, 0.15) is 5.76 Å². The first-order chi connectivity index (χ1) is 12.4. The van der Waals surface area contributed by atoms with Gasteiger partial charge in [-0.15, -0.1) is 0 Å². The average Bonchev–Trinajstić information content (AvgIpc) is 2.98. The van der Waals surface area contributed by atoms with Crippen molar-refractivity contribution >= 4 is 6.09 Å². The van der Waals surface area contributed by atoms with Crippen LogP contribution in [0.25, 0.3) is 0 Å². The Morgan fingerprint density at radius 2 is 1.96 bits per heavy atom. The van der Waals surface area contributed by atoms with Gasteiger partial charge in [0.2, 0.25) is 0 Å². The van der Waals surface area contributed by atoms with E-state index < -0.39 is 0 Å². The van der Waals surface area contributed by atoms with E-state index in [-0.39, 0.29) is 17.6 Å². The first-order valence-electron chi connectivity index (χ1n) is 8.92. The number of allylic oxidation sites excluding steroid dienone is 1. The van der Waals surface area contributed by atoms with E-state index in [2.05, 4.69) is 30.2 Å². The van der Waals surface area contributed by atoms with Crippen molar-refractivity contribution in [2.45, 2.75) is 30.7 Å². The molecule has 0 radical (unpaired) electrons. The van der Waals surface area contributed by atoms with Crippen LogP contribution >= 0.6 is 0 Å². The minimum atomic E-state index is -0.324. The lowest BCUT2D eigenvalue weighted by atomic mass is 9.68. The minimum Gasteiger partial charge on any atom is -0.493 e. The molecule has 0 N–H and O–H groups in total. The molecule has 1 saturated heterocycles. The summed E-state index contributed by atoms with van der Waals surface area (Å²) in [4.78, 5) is 15.7. The van der Waals surface area contributed by atoms with E-state index in [4.69, 9.17) is 14.2 Å². The van der Waals surface area contributed by atoms with Crippen LogP contribution in [0, 0.1) is 0 Å². The van der Waals surface area contributed by atoms with Crippen molar-refractivity contribution in [3.63, 3.8) is 0 Å². The fourth-order valence-electron chi connectivity index (χ4n) is 4.17. The molecule has 26 heavy (non-hydrogen) atoms. The Morgan fingerprint density at radius 3 is 2.62 bits per heavy atom. The highest BCUT2D eigenvalue weighted by molar-refractivity contribution is 5.68. The highest BCUT2D eigenvalue weighted by Crippen LogP contribution is 2.49. The summed E-state index contributed by atoms with van der Waals surface area (Å²) in [6.45, 7) is 1.02. The van der Waals surface area contributed by atoms with Crippen molar-refractivity contribution in [1.82, 2.24) is 9.80 Å². The molecule has 1 aliphatic heterocycles. The lowest BCUT2D eigenvalue weighted by Crippen LogP contribution is -2.43. The molecule has 1 heterocycles. The van der Waals surface area contributed by atoms with Crippen molar-refractivity contribution in [2.24, 2.45) is 0 Å². The highest BCUT2D eigenvalue weighted by atomic mass is 16.6. The zero-order chi connectivity index (χ0) is 18.9. The van der Waals surface area contributed by atoms with Crippen LogP contribution in [0.15, 0.2) is 30.0 Å². The van der Waals surface area contributed by atoms with Gasteiger partial charge in [-0.2, -0.15) is 0 Å². The molecule has 142 valence electrons. The monoisotopic (exact) mass is 360 g/mol. The molecule has 0 saturated carbocycles. The summed E-state index contributed by atoms with van der Waals surface area (Å²) < 4.78 is 16.4. The van der Waals surface area contributed by atoms with E-state index >= 15 is 0 Å². The molecule has 6 heteroatoms. The zero-order valence-electron chi connectivity index (χ0n) is 16.2. The molecule has 0 spiro atoms. The molecular formula is C20H28N2O4. The number of carbonyl (C=O) groups excluding carboxylic acids is 1. The third kappa shape index (κ3) is 3.14. The first kappa shape index (κ1) is 18.6. The number of benzene rings is 1. The van der Waals surface area contributed by atoms with Gasteiger partial charge in [0.15, 0.2) is 11.5 Å². The number of carbonyl (C=O) groups is 1. The maximum Gasteiger partial charge on any atom is 0.414 e. The quantitative estimate of drug-likeness (QED) is 0.826. The van der Waals surface area contributed by atoms with Gasteiger partial charge in [0.05, 0.1) is 14.2 Å². The molecule has 1 aromatic carbocycles. The second kappa shape index (κ2) is 7.19. The van der Waals surface area contributed by atoms with Gasteiger partial charge in [0, 0.05) is 32.0 Å². The summed E-state index contributed by atoms with van der Waals surface area (Å²) in [7, 11) is 8.85. The summed E-state index contributed by atoms with van der Waals surface area (Å²) in [6, 6.07) is 6.49. The van der Waals surface area contributed by atoms with E-state index in [1.165, 1.54) is 10.5 Å². The van der Waals surface area contributed by atoms with Gasteiger partial charge in [-0.25, -0.2) is 4.79 Å². The fraction of sp³-hybridized carbons (Fsp3) is 0.550. The molecular weight excluding hydrogens is 332 g/mol. The second-order valence-corrected chi connectivity index (χ2v) is 7.31. The average molecular weight is 360 g/mol. The molecule has 0 bridgehead atoms. The Balaban J connectivity index is 1.93. The van der Waals surface area contributed by atoms with Crippen LogP contribution in [0.3, 0.4) is 0 Å². The highest BCUT2D eigenvalue weighted by Gasteiger charge is 2.49. The topological polar surface area (TPSA) is 51.2 Å². The van der Waals surface area contributed by atoms with Crippen molar-refractivity contribution in [3.05, 3.63) is 35.6 Å². The molecule has 1 aliphatic carbocycles. The molecule has 1 fully saturated rings. The minimum absolute atomic E-state index is 0.00231. The predicted octanol–water partition coefficient (Wildman–Crippen LogP) is 3.02. The van der Waals surface area contributed by atoms with Crippen molar-refractivity contribution in [3.8, 4) is 11.5 Å². The van der Waals surface area contributed by atoms with Crippen molar-refractivity contribution < 1.29 is 19.0 Å². The largest absolute Gasteiger partial charge is 0.493 e. The Bertz CT molecular complexity index is 716. The molecule has 2 aliphatic rings. The number of likely N-dealkylation sites (N-methyl/N-ethyl adjacent to an activating group) is 1. The number of rotatable bonds is 4. The van der Waals surface area contributed by atoms with E-state index in [1.54, 1.807) is 28.3 Å². The van der Waals surface area contributed by atoms with E-state index in [9.17, 15) is 4.79 Å². The summed E-state index contributed by atoms with van der Waals surface area (Å²) in [6.07, 6.45) is 4.39. The van der Waals surface area contributed by atoms with Crippen molar-refractivity contribution in [1.29, 1.82) is 0 Å². The maximum atomic E-state index is 11.9. The second-order valence-electron chi connectivity index (χ2n) is 7.31. The standard InChI is InChI=1S/C20H28N2O4/c1-21(2)19(23)26-15-8-9-20(10-11-22(3)18(20)13-15)14-6-7-16(24-4)17(12-14)25-5/h6-8,12,18H,9-11,13H2,1-5H3. The summed E-state index contributed by atoms with van der Waals surface area (Å²) in [5.74, 6) is 2.25. The van der Waals surface area contributed by atoms with Gasteiger partial charge in [-0.05, 0) is 50.2 Å². The number of fused-ring (bicyclic) bond motifs is 1. The maximum absolute atomic E-state index is 11.9. The van der Waals surface area contributed by atoms with Crippen LogP contribution in [-0.2, 0) is 10.2 Å². The number of hydrogen-bond acceptors (Lipinski definition) is 5. The van der Waals surface area contributed by atoms with E-state index in [0.29, 0.717) is 0 Å². The number of amides is 1. The molecule has 6 nitrogen and oxygen atoms in total. The normalized spacial score (nSPS) is 25.3. The number of ether oxygens (including phenoxy) is 3. The SMILES string of the molecule is COc1ccc(C23CC=C(OC(=O)N(C)C)CC2N(C)CC3)cc1OC. The molecule has 1 aromatic rings. The van der Waals surface area contributed by atoms with Crippen molar-refractivity contribution in [2.75, 3.05) is 41.9 Å². The number of methoxy groups -OCH3 is 2. The molecule has 2 atom stereocenters. The van der Waals surface area contributed by atoms with Gasteiger partial charge in [-0.3, -0.25) is 0 Å². The number of hydrogen-bond donors (Lipinski definition) is 0. The molecule has 0 aromatic heterocycles. The van der Waals surface area contributed by atoms with Crippen LogP contribution in [-0.4, -0.2) is 63.8 Å². The zero-order valence-corrected chi connectivity index (χ0v) is 16.2. The van der Waals surface area contributed by atoms with Crippen LogP contribution in [0.5, 0.6) is 11.5 Å². The van der Waals surface area contributed by atoms with Crippen LogP contribution in [0.2, 0.25) is 0 Å². The lowest BCUT2D eigenvalue weighted by molar-refractivity contribution is 0.128. The van der Waals surface area contributed by atoms with Gasteiger partial charge < -0.3 is 24.0 Å². The Hall–Kier alpha value is -2.21. The van der Waals surface area contributed by atoms with Gasteiger partial charge >= 0.3 is 6.09 Å². The van der Waals surface area contributed by atoms with E-state index in [1.807, 2.05) is 6.07 Å². The smallest absolute Gasteiger partial charge is 0.414 e. The number of likely N-dealkylation sites (tertiary alicyclic amines) is 1. The van der Waals surface area contributed by atoms with Gasteiger partial charge in [0.25, 0.3) is 0 Å². The Kier molecular flexibility index (Phi) is 5.14. The molecule has 1 amide bonds. The van der Waals surface area contributed by atoms with E-state index in [0.717, 1.165) is 43.1 Å². The lowest BCUT2D eigenvalue weighted by Gasteiger charge is -2.40. The first-order valence-corrected chi connectivity index (χ1v) is 8.92. The van der Waals surface area contributed by atoms with Crippen LogP contribution in [0.4, 0.5) is 4.79 Å². The van der Waals surface area contributed by atoms with Crippen LogP contribution < -0.4 is 9.47 Å². The third-order valence-electron chi connectivity index (χ3n) is 5.71. The summed E-state index contributed by atoms with van der Waals surface area (Å²) >= 11 is 0. The third-order valence-corrected chi connectivity index (χ3v) is 5.71. The number of nitrogens with zero attached hydrogens (tertiary/aromatic N) is 2. The van der Waals surface area contributed by atoms with Gasteiger partial charge in [-0.1, -0.05) is 6.07 Å². The fourth-order valence-corrected chi connectivity index (χ4v) is 4.17. The molecule has 2 unspecified atom stereocenters.